The third-order valence-corrected chi connectivity index (χ3v) is 3.64. The largest absolute Gasteiger partial charge is 0.381 e. The van der Waals surface area contributed by atoms with Gasteiger partial charge in [0.25, 0.3) is 0 Å². The molecule has 19 heavy (non-hydrogen) atoms. The Balaban J connectivity index is 1.92. The third-order valence-electron chi connectivity index (χ3n) is 3.64. The first-order valence-corrected chi connectivity index (χ1v) is 6.61. The van der Waals surface area contributed by atoms with Crippen molar-refractivity contribution in [2.45, 2.75) is 31.7 Å². The molecule has 1 N–H and O–H groups in total. The lowest BCUT2D eigenvalue weighted by Crippen LogP contribution is -2.48. The molecule has 2 rings (SSSR count). The lowest BCUT2D eigenvalue weighted by molar-refractivity contribution is -0.144. The summed E-state index contributed by atoms with van der Waals surface area (Å²) in [6.07, 6.45) is 2.83. The Hall–Kier alpha value is -1.61. The van der Waals surface area contributed by atoms with Crippen LogP contribution in [0.4, 0.5) is 0 Å². The number of carbonyl (C=O) groups excluding carboxylic acids is 2. The second-order valence-corrected chi connectivity index (χ2v) is 5.31. The second-order valence-electron chi connectivity index (χ2n) is 5.31. The van der Waals surface area contributed by atoms with Gasteiger partial charge in [0.1, 0.15) is 5.41 Å². The molecule has 6 heteroatoms. The molecule has 1 aliphatic carbocycles. The molecular formula is C13H19N3O3. The molecule has 1 aliphatic heterocycles. The van der Waals surface area contributed by atoms with Gasteiger partial charge >= 0.3 is 0 Å². The first kappa shape index (κ1) is 13.8. The Bertz CT molecular complexity index is 406. The van der Waals surface area contributed by atoms with E-state index in [0.29, 0.717) is 26.1 Å². The SMILES string of the molecule is CN(CC(=O)NC1CC1)C(=O)C1(C#N)CCOCC1. The Labute approximate surface area is 112 Å². The lowest BCUT2D eigenvalue weighted by atomic mass is 9.80. The summed E-state index contributed by atoms with van der Waals surface area (Å²) in [5, 5.41) is 12.1. The minimum Gasteiger partial charge on any atom is -0.381 e. The van der Waals surface area contributed by atoms with Crippen LogP contribution in [0.3, 0.4) is 0 Å². The second kappa shape index (κ2) is 5.57. The van der Waals surface area contributed by atoms with Crippen molar-refractivity contribution in [1.29, 1.82) is 5.26 Å². The molecule has 1 saturated carbocycles. The van der Waals surface area contributed by atoms with E-state index in [1.165, 1.54) is 4.90 Å². The fourth-order valence-electron chi connectivity index (χ4n) is 2.25. The molecule has 2 aliphatic rings. The van der Waals surface area contributed by atoms with Gasteiger partial charge < -0.3 is 15.0 Å². The lowest BCUT2D eigenvalue weighted by Gasteiger charge is -2.32. The predicted octanol–water partition coefficient (Wildman–Crippen LogP) is 0.0438. The molecule has 2 amide bonds. The molecule has 1 saturated heterocycles. The standard InChI is InChI=1S/C13H19N3O3/c1-16(8-11(17)15-10-2-3-10)12(18)13(9-14)4-6-19-7-5-13/h10H,2-8H2,1H3,(H,15,17). The van der Waals surface area contributed by atoms with E-state index in [0.717, 1.165) is 12.8 Å². The maximum Gasteiger partial charge on any atom is 0.243 e. The Morgan fingerprint density at radius 3 is 2.58 bits per heavy atom. The van der Waals surface area contributed by atoms with Crippen molar-refractivity contribution in [1.82, 2.24) is 10.2 Å². The Kier molecular flexibility index (Phi) is 4.05. The van der Waals surface area contributed by atoms with E-state index in [1.807, 2.05) is 0 Å². The highest BCUT2D eigenvalue weighted by molar-refractivity contribution is 5.89. The molecule has 104 valence electrons. The van der Waals surface area contributed by atoms with Gasteiger partial charge in [-0.05, 0) is 25.7 Å². The summed E-state index contributed by atoms with van der Waals surface area (Å²) >= 11 is 0. The van der Waals surface area contributed by atoms with E-state index in [1.54, 1.807) is 7.05 Å². The van der Waals surface area contributed by atoms with E-state index in [4.69, 9.17) is 4.74 Å². The summed E-state index contributed by atoms with van der Waals surface area (Å²) in [5.41, 5.74) is -1.02. The van der Waals surface area contributed by atoms with Crippen LogP contribution in [0.1, 0.15) is 25.7 Å². The summed E-state index contributed by atoms with van der Waals surface area (Å²) in [7, 11) is 1.57. The van der Waals surface area contributed by atoms with E-state index < -0.39 is 5.41 Å². The molecule has 0 bridgehead atoms. The Morgan fingerprint density at radius 2 is 2.05 bits per heavy atom. The zero-order valence-corrected chi connectivity index (χ0v) is 11.1. The average Bonchev–Trinajstić information content (AvgIpc) is 3.22. The van der Waals surface area contributed by atoms with Gasteiger partial charge in [0.15, 0.2) is 0 Å². The topological polar surface area (TPSA) is 82.4 Å². The number of hydrogen-bond acceptors (Lipinski definition) is 4. The van der Waals surface area contributed by atoms with Crippen LogP contribution < -0.4 is 5.32 Å². The van der Waals surface area contributed by atoms with Gasteiger partial charge in [0.2, 0.25) is 11.8 Å². The first-order chi connectivity index (χ1) is 9.07. The fraction of sp³-hybridized carbons (Fsp3) is 0.769. The molecule has 0 radical (unpaired) electrons. The van der Waals surface area contributed by atoms with Gasteiger partial charge in [0, 0.05) is 26.3 Å². The van der Waals surface area contributed by atoms with Crippen LogP contribution in [0.5, 0.6) is 0 Å². The van der Waals surface area contributed by atoms with E-state index in [9.17, 15) is 14.9 Å². The van der Waals surface area contributed by atoms with Crippen LogP contribution in [-0.2, 0) is 14.3 Å². The average molecular weight is 265 g/mol. The van der Waals surface area contributed by atoms with E-state index in [2.05, 4.69) is 11.4 Å². The van der Waals surface area contributed by atoms with Gasteiger partial charge in [-0.25, -0.2) is 0 Å². The third kappa shape index (κ3) is 3.24. The van der Waals surface area contributed by atoms with Crippen LogP contribution in [-0.4, -0.2) is 49.6 Å². The fourth-order valence-corrected chi connectivity index (χ4v) is 2.25. The van der Waals surface area contributed by atoms with Crippen molar-refractivity contribution < 1.29 is 14.3 Å². The number of nitrogens with one attached hydrogen (secondary N) is 1. The molecule has 0 aromatic heterocycles. The minimum absolute atomic E-state index is 0.0135. The van der Waals surface area contributed by atoms with Crippen molar-refractivity contribution >= 4 is 11.8 Å². The van der Waals surface area contributed by atoms with E-state index in [-0.39, 0.29) is 24.4 Å². The van der Waals surface area contributed by atoms with Crippen molar-refractivity contribution in [2.24, 2.45) is 5.41 Å². The zero-order chi connectivity index (χ0) is 13.9. The minimum atomic E-state index is -1.02. The van der Waals surface area contributed by atoms with Gasteiger partial charge in [0.05, 0.1) is 12.6 Å². The summed E-state index contributed by atoms with van der Waals surface area (Å²) in [6.45, 7) is 0.850. The van der Waals surface area contributed by atoms with E-state index >= 15 is 0 Å². The highest BCUT2D eigenvalue weighted by Crippen LogP contribution is 2.31. The summed E-state index contributed by atoms with van der Waals surface area (Å²) in [4.78, 5) is 25.4. The van der Waals surface area contributed by atoms with Crippen LogP contribution in [0.15, 0.2) is 0 Å². The molecule has 0 aromatic carbocycles. The van der Waals surface area contributed by atoms with Gasteiger partial charge in [-0.1, -0.05) is 0 Å². The molecular weight excluding hydrogens is 246 g/mol. The van der Waals surface area contributed by atoms with Crippen LogP contribution in [0, 0.1) is 16.7 Å². The number of nitriles is 1. The molecule has 1 heterocycles. The number of rotatable bonds is 4. The van der Waals surface area contributed by atoms with Gasteiger partial charge in [-0.15, -0.1) is 0 Å². The normalized spacial score (nSPS) is 21.3. The smallest absolute Gasteiger partial charge is 0.243 e. The summed E-state index contributed by atoms with van der Waals surface area (Å²) in [6, 6.07) is 2.40. The number of amides is 2. The number of hydrogen-bond donors (Lipinski definition) is 1. The molecule has 0 aromatic rings. The van der Waals surface area contributed by atoms with Crippen molar-refractivity contribution in [3.05, 3.63) is 0 Å². The van der Waals surface area contributed by atoms with Gasteiger partial charge in [-0.3, -0.25) is 9.59 Å². The summed E-state index contributed by atoms with van der Waals surface area (Å²) < 4.78 is 5.20. The zero-order valence-electron chi connectivity index (χ0n) is 11.1. The molecule has 0 spiro atoms. The molecule has 0 atom stereocenters. The predicted molar refractivity (Wildman–Crippen MR) is 66.9 cm³/mol. The number of carbonyl (C=O) groups is 2. The number of likely N-dealkylation sites (N-methyl/N-ethyl adjacent to an activating group) is 1. The quantitative estimate of drug-likeness (QED) is 0.778. The van der Waals surface area contributed by atoms with Crippen molar-refractivity contribution in [2.75, 3.05) is 26.8 Å². The van der Waals surface area contributed by atoms with Gasteiger partial charge in [-0.2, -0.15) is 5.26 Å². The maximum absolute atomic E-state index is 12.4. The van der Waals surface area contributed by atoms with Crippen molar-refractivity contribution in [3.63, 3.8) is 0 Å². The first-order valence-electron chi connectivity index (χ1n) is 6.61. The number of ether oxygens (including phenoxy) is 1. The maximum atomic E-state index is 12.4. The monoisotopic (exact) mass is 265 g/mol. The van der Waals surface area contributed by atoms with Crippen LogP contribution >= 0.6 is 0 Å². The van der Waals surface area contributed by atoms with Crippen LogP contribution in [0.25, 0.3) is 0 Å². The van der Waals surface area contributed by atoms with Crippen molar-refractivity contribution in [3.8, 4) is 6.07 Å². The summed E-state index contributed by atoms with van der Waals surface area (Å²) in [5.74, 6) is -0.428. The molecule has 2 fully saturated rings. The highest BCUT2D eigenvalue weighted by Gasteiger charge is 2.42. The highest BCUT2D eigenvalue weighted by atomic mass is 16.5. The molecule has 0 unspecified atom stereocenters. The van der Waals surface area contributed by atoms with Crippen LogP contribution in [0.2, 0.25) is 0 Å². The Morgan fingerprint density at radius 1 is 1.42 bits per heavy atom. The number of nitrogens with zero attached hydrogens (tertiary/aromatic N) is 2. The molecule has 6 nitrogen and oxygen atoms in total.